The largest absolute Gasteiger partial charge is 0.332 e. The normalized spacial score (nSPS) is 15.7. The molecule has 1 aliphatic rings. The predicted octanol–water partition coefficient (Wildman–Crippen LogP) is 4.68. The molecule has 0 aliphatic carbocycles. The maximum atomic E-state index is 6.02. The van der Waals surface area contributed by atoms with Crippen molar-refractivity contribution in [1.82, 2.24) is 4.90 Å². The number of thioether (sulfide) groups is 1. The molecule has 1 aliphatic heterocycles. The third kappa shape index (κ3) is 4.72. The summed E-state index contributed by atoms with van der Waals surface area (Å²) in [5.41, 5.74) is 2.20. The molecular weight excluding hydrogens is 358 g/mol. The zero-order chi connectivity index (χ0) is 16.8. The Morgan fingerprint density at radius 3 is 2.83 bits per heavy atom. The zero-order valence-electron chi connectivity index (χ0n) is 13.1. The second kappa shape index (κ2) is 8.51. The standard InChI is InChI=1S/C18H18ClN3S2/c19-15-7-4-8-16(13-15)21-17(23)22-11-12-24-18(22)20-10-9-14-5-2-1-3-6-14/h1-8,13H,9-12H2,(H,21,23). The minimum atomic E-state index is 0.667. The highest BCUT2D eigenvalue weighted by molar-refractivity contribution is 8.14. The van der Waals surface area contributed by atoms with Crippen molar-refractivity contribution in [1.29, 1.82) is 0 Å². The highest BCUT2D eigenvalue weighted by Gasteiger charge is 2.23. The summed E-state index contributed by atoms with van der Waals surface area (Å²) in [4.78, 5) is 6.79. The monoisotopic (exact) mass is 375 g/mol. The van der Waals surface area contributed by atoms with Crippen molar-refractivity contribution in [2.75, 3.05) is 24.2 Å². The summed E-state index contributed by atoms with van der Waals surface area (Å²) in [5.74, 6) is 1.00. The molecule has 1 heterocycles. The zero-order valence-corrected chi connectivity index (χ0v) is 15.5. The highest BCUT2D eigenvalue weighted by Crippen LogP contribution is 2.21. The number of rotatable bonds is 4. The van der Waals surface area contributed by atoms with Gasteiger partial charge < -0.3 is 5.32 Å². The Labute approximate surface area is 157 Å². The van der Waals surface area contributed by atoms with E-state index in [1.165, 1.54) is 5.56 Å². The van der Waals surface area contributed by atoms with Gasteiger partial charge in [0, 0.05) is 29.6 Å². The molecule has 1 saturated heterocycles. The molecule has 0 bridgehead atoms. The molecule has 3 rings (SSSR count). The van der Waals surface area contributed by atoms with Crippen molar-refractivity contribution in [3.63, 3.8) is 0 Å². The highest BCUT2D eigenvalue weighted by atomic mass is 35.5. The number of nitrogens with one attached hydrogen (secondary N) is 1. The van der Waals surface area contributed by atoms with Gasteiger partial charge in [0.2, 0.25) is 0 Å². The van der Waals surface area contributed by atoms with Gasteiger partial charge in [-0.15, -0.1) is 0 Å². The molecule has 124 valence electrons. The number of amidine groups is 1. The first-order chi connectivity index (χ1) is 11.7. The number of benzene rings is 2. The quantitative estimate of drug-likeness (QED) is 0.785. The molecule has 0 spiro atoms. The maximum Gasteiger partial charge on any atom is 0.179 e. The number of hydrogen-bond donors (Lipinski definition) is 1. The molecule has 3 nitrogen and oxygen atoms in total. The van der Waals surface area contributed by atoms with Crippen molar-refractivity contribution in [2.24, 2.45) is 4.99 Å². The number of hydrogen-bond acceptors (Lipinski definition) is 3. The van der Waals surface area contributed by atoms with Gasteiger partial charge in [0.1, 0.15) is 0 Å². The Morgan fingerprint density at radius 1 is 1.21 bits per heavy atom. The topological polar surface area (TPSA) is 27.6 Å². The van der Waals surface area contributed by atoms with Crippen LogP contribution < -0.4 is 5.32 Å². The molecule has 1 fully saturated rings. The fourth-order valence-corrected chi connectivity index (χ4v) is 3.92. The van der Waals surface area contributed by atoms with Crippen LogP contribution in [0.3, 0.4) is 0 Å². The van der Waals surface area contributed by atoms with Crippen LogP contribution in [0.5, 0.6) is 0 Å². The van der Waals surface area contributed by atoms with Gasteiger partial charge >= 0.3 is 0 Å². The molecule has 0 aromatic heterocycles. The minimum Gasteiger partial charge on any atom is -0.332 e. The molecule has 24 heavy (non-hydrogen) atoms. The molecule has 0 atom stereocenters. The van der Waals surface area contributed by atoms with E-state index in [2.05, 4.69) is 34.5 Å². The van der Waals surface area contributed by atoms with Gasteiger partial charge in [-0.25, -0.2) is 0 Å². The third-order valence-corrected chi connectivity index (χ3v) is 5.14. The van der Waals surface area contributed by atoms with E-state index in [1.807, 2.05) is 30.3 Å². The predicted molar refractivity (Wildman–Crippen MR) is 109 cm³/mol. The fraction of sp³-hybridized carbons (Fsp3) is 0.222. The second-order valence-electron chi connectivity index (χ2n) is 5.34. The first kappa shape index (κ1) is 17.3. The van der Waals surface area contributed by atoms with Crippen molar-refractivity contribution < 1.29 is 0 Å². The summed E-state index contributed by atoms with van der Waals surface area (Å²) in [6.07, 6.45) is 0.938. The molecule has 2 aromatic rings. The smallest absolute Gasteiger partial charge is 0.179 e. The molecule has 0 unspecified atom stereocenters. The molecule has 2 aromatic carbocycles. The lowest BCUT2D eigenvalue weighted by molar-refractivity contribution is 0.682. The van der Waals surface area contributed by atoms with E-state index >= 15 is 0 Å². The van der Waals surface area contributed by atoms with Gasteiger partial charge in [-0.1, -0.05) is 59.8 Å². The van der Waals surface area contributed by atoms with Gasteiger partial charge in [0.15, 0.2) is 10.3 Å². The summed E-state index contributed by atoms with van der Waals surface area (Å²) in [6.45, 7) is 1.64. The SMILES string of the molecule is S=C(Nc1cccc(Cl)c1)N1CCSC1=NCCc1ccccc1. The number of halogens is 1. The van der Waals surface area contributed by atoms with Gasteiger partial charge in [-0.3, -0.25) is 9.89 Å². The first-order valence-electron chi connectivity index (χ1n) is 7.77. The van der Waals surface area contributed by atoms with Crippen molar-refractivity contribution in [2.45, 2.75) is 6.42 Å². The van der Waals surface area contributed by atoms with Gasteiger partial charge in [-0.2, -0.15) is 0 Å². The van der Waals surface area contributed by atoms with E-state index in [1.54, 1.807) is 11.8 Å². The van der Waals surface area contributed by atoms with Crippen LogP contribution in [0.4, 0.5) is 5.69 Å². The van der Waals surface area contributed by atoms with Crippen LogP contribution in [0.2, 0.25) is 5.02 Å². The number of nitrogens with zero attached hydrogens (tertiary/aromatic N) is 2. The summed E-state index contributed by atoms with van der Waals surface area (Å²) in [6, 6.07) is 18.0. The maximum absolute atomic E-state index is 6.02. The van der Waals surface area contributed by atoms with Crippen LogP contribution in [-0.4, -0.2) is 34.0 Å². The Hall–Kier alpha value is -1.56. The summed E-state index contributed by atoms with van der Waals surface area (Å²) >= 11 is 13.3. The number of anilines is 1. The van der Waals surface area contributed by atoms with Crippen LogP contribution >= 0.6 is 35.6 Å². The van der Waals surface area contributed by atoms with E-state index in [0.717, 1.165) is 36.1 Å². The Kier molecular flexibility index (Phi) is 6.12. The van der Waals surface area contributed by atoms with Gasteiger partial charge in [-0.05, 0) is 42.4 Å². The molecule has 6 heteroatoms. The van der Waals surface area contributed by atoms with E-state index < -0.39 is 0 Å². The average Bonchev–Trinajstić information content (AvgIpc) is 3.04. The average molecular weight is 376 g/mol. The fourth-order valence-electron chi connectivity index (χ4n) is 2.40. The minimum absolute atomic E-state index is 0.667. The number of aliphatic imine (C=N–C) groups is 1. The summed E-state index contributed by atoms with van der Waals surface area (Å²) in [5, 5.41) is 5.59. The molecule has 0 amide bonds. The molecular formula is C18H18ClN3S2. The van der Waals surface area contributed by atoms with E-state index in [0.29, 0.717) is 10.1 Å². The van der Waals surface area contributed by atoms with E-state index in [9.17, 15) is 0 Å². The van der Waals surface area contributed by atoms with Crippen LogP contribution in [0.25, 0.3) is 0 Å². The lowest BCUT2D eigenvalue weighted by Crippen LogP contribution is -2.35. The van der Waals surface area contributed by atoms with E-state index in [4.69, 9.17) is 28.8 Å². The van der Waals surface area contributed by atoms with Crippen LogP contribution in [0, 0.1) is 0 Å². The third-order valence-electron chi connectivity index (χ3n) is 3.59. The van der Waals surface area contributed by atoms with Gasteiger partial charge in [0.25, 0.3) is 0 Å². The summed E-state index contributed by atoms with van der Waals surface area (Å²) in [7, 11) is 0. The van der Waals surface area contributed by atoms with Crippen molar-refractivity contribution in [3.8, 4) is 0 Å². The lowest BCUT2D eigenvalue weighted by Gasteiger charge is -2.20. The lowest BCUT2D eigenvalue weighted by atomic mass is 10.2. The number of thiocarbonyl (C=S) groups is 1. The van der Waals surface area contributed by atoms with Crippen molar-refractivity contribution in [3.05, 3.63) is 65.2 Å². The summed E-state index contributed by atoms with van der Waals surface area (Å²) < 4.78 is 0. The van der Waals surface area contributed by atoms with Crippen molar-refractivity contribution >= 4 is 51.5 Å². The Morgan fingerprint density at radius 2 is 2.04 bits per heavy atom. The van der Waals surface area contributed by atoms with Crippen LogP contribution in [0.1, 0.15) is 5.56 Å². The second-order valence-corrected chi connectivity index (χ2v) is 7.23. The molecule has 0 saturated carbocycles. The van der Waals surface area contributed by atoms with Gasteiger partial charge in [0.05, 0.1) is 0 Å². The van der Waals surface area contributed by atoms with Crippen LogP contribution in [0.15, 0.2) is 59.6 Å². The Bertz CT molecular complexity index is 734. The molecule has 1 N–H and O–H groups in total. The first-order valence-corrected chi connectivity index (χ1v) is 9.55. The van der Waals surface area contributed by atoms with Crippen LogP contribution in [-0.2, 0) is 6.42 Å². The Balaban J connectivity index is 1.60. The molecule has 0 radical (unpaired) electrons. The van der Waals surface area contributed by atoms with E-state index in [-0.39, 0.29) is 0 Å².